The molecular weight excluding hydrogens is 378 g/mol. The topological polar surface area (TPSA) is 111 Å². The highest BCUT2D eigenvalue weighted by atomic mass is 32.2. The van der Waals surface area contributed by atoms with Crippen LogP contribution in [0.2, 0.25) is 0 Å². The zero-order valence-corrected chi connectivity index (χ0v) is 16.0. The molecule has 138 valence electrons. The van der Waals surface area contributed by atoms with Crippen LogP contribution in [0.1, 0.15) is 17.5 Å². The highest BCUT2D eigenvalue weighted by Crippen LogP contribution is 2.27. The van der Waals surface area contributed by atoms with Crippen molar-refractivity contribution in [2.45, 2.75) is 23.1 Å². The van der Waals surface area contributed by atoms with Crippen molar-refractivity contribution < 1.29 is 13.3 Å². The van der Waals surface area contributed by atoms with E-state index >= 15 is 0 Å². The lowest BCUT2D eigenvalue weighted by atomic mass is 10.0. The molecule has 1 N–H and O–H groups in total. The highest BCUT2D eigenvalue weighted by Gasteiger charge is 2.25. The Hall–Kier alpha value is -2.33. The maximum atomic E-state index is 12.4. The monoisotopic (exact) mass is 395 g/mol. The summed E-state index contributed by atoms with van der Waals surface area (Å²) in [5.74, 6) is 0. The average Bonchev–Trinajstić information content (AvgIpc) is 3.10. The molecule has 1 aliphatic rings. The Bertz CT molecular complexity index is 1130. The van der Waals surface area contributed by atoms with Gasteiger partial charge in [0, 0.05) is 24.4 Å². The molecule has 0 bridgehead atoms. The van der Waals surface area contributed by atoms with Crippen molar-refractivity contribution in [1.82, 2.24) is 9.78 Å². The normalized spacial score (nSPS) is 14.2. The average molecular weight is 395 g/mol. The number of sulfone groups is 1. The quantitative estimate of drug-likeness (QED) is 0.613. The predicted molar refractivity (Wildman–Crippen MR) is 99.4 cm³/mol. The van der Waals surface area contributed by atoms with Gasteiger partial charge in [-0.25, -0.2) is 13.1 Å². The Balaban J connectivity index is 2.32. The van der Waals surface area contributed by atoms with Gasteiger partial charge in [-0.2, -0.15) is 0 Å². The van der Waals surface area contributed by atoms with E-state index in [4.69, 9.17) is 4.84 Å². The van der Waals surface area contributed by atoms with Crippen molar-refractivity contribution in [1.29, 1.82) is 0 Å². The van der Waals surface area contributed by atoms with E-state index in [9.17, 15) is 18.0 Å². The summed E-state index contributed by atoms with van der Waals surface area (Å²) < 4.78 is 25.5. The number of rotatable bonds is 4. The van der Waals surface area contributed by atoms with Crippen LogP contribution in [0.5, 0.6) is 0 Å². The van der Waals surface area contributed by atoms with Gasteiger partial charge in [-0.05, 0) is 30.9 Å². The number of aromatic amines is 1. The molecule has 10 heteroatoms. The molecule has 2 aromatic rings. The van der Waals surface area contributed by atoms with Crippen LogP contribution in [0.25, 0.3) is 5.69 Å². The molecule has 0 spiro atoms. The van der Waals surface area contributed by atoms with Gasteiger partial charge in [0.2, 0.25) is 0 Å². The molecule has 0 radical (unpaired) electrons. The number of hydrogen-bond donors (Lipinski definition) is 1. The standard InChI is InChI=1S/C16H17N3O5S2/c1-9-11(19-16(21)15(20)12(25-2)8-17-19)4-5-13(26(3,22)23)14(9)10-6-7-24-18-10/h4-5,8,17H,6-7H2,1-3H3. The Morgan fingerprint density at radius 1 is 1.31 bits per heavy atom. The number of aromatic nitrogens is 2. The lowest BCUT2D eigenvalue weighted by Crippen LogP contribution is -2.36. The van der Waals surface area contributed by atoms with Crippen LogP contribution in [0.15, 0.2) is 42.9 Å². The molecule has 0 atom stereocenters. The fraction of sp³-hybridized carbons (Fsp3) is 0.312. The van der Waals surface area contributed by atoms with E-state index in [0.717, 1.165) is 10.9 Å². The maximum Gasteiger partial charge on any atom is 0.318 e. The first-order valence-electron chi connectivity index (χ1n) is 7.67. The predicted octanol–water partition coefficient (Wildman–Crippen LogP) is 1.08. The van der Waals surface area contributed by atoms with E-state index in [1.807, 2.05) is 0 Å². The minimum atomic E-state index is -3.52. The van der Waals surface area contributed by atoms with Gasteiger partial charge in [-0.3, -0.25) is 14.7 Å². The Labute approximate surface area is 153 Å². The molecule has 1 aliphatic heterocycles. The van der Waals surface area contributed by atoms with Gasteiger partial charge in [0.05, 0.1) is 21.2 Å². The Morgan fingerprint density at radius 3 is 2.62 bits per heavy atom. The van der Waals surface area contributed by atoms with Crippen LogP contribution in [-0.4, -0.2) is 43.0 Å². The summed E-state index contributed by atoms with van der Waals surface area (Å²) in [4.78, 5) is 30.0. The summed E-state index contributed by atoms with van der Waals surface area (Å²) in [6.45, 7) is 2.05. The molecule has 0 saturated carbocycles. The first kappa shape index (κ1) is 18.5. The van der Waals surface area contributed by atoms with Crippen LogP contribution < -0.4 is 11.0 Å². The van der Waals surface area contributed by atoms with E-state index in [1.165, 1.54) is 30.1 Å². The van der Waals surface area contributed by atoms with Crippen LogP contribution in [0, 0.1) is 6.92 Å². The van der Waals surface area contributed by atoms with Crippen molar-refractivity contribution in [2.24, 2.45) is 5.16 Å². The molecule has 0 saturated heterocycles. The summed E-state index contributed by atoms with van der Waals surface area (Å²) in [5.41, 5.74) is 0.460. The van der Waals surface area contributed by atoms with E-state index in [-0.39, 0.29) is 4.90 Å². The number of hydrogen-bond acceptors (Lipinski definition) is 7. The minimum Gasteiger partial charge on any atom is -0.395 e. The first-order chi connectivity index (χ1) is 12.3. The number of H-pyrrole nitrogens is 1. The summed E-state index contributed by atoms with van der Waals surface area (Å²) >= 11 is 1.18. The molecule has 0 amide bonds. The zero-order valence-electron chi connectivity index (χ0n) is 14.4. The number of thioether (sulfide) groups is 1. The van der Waals surface area contributed by atoms with E-state index in [1.54, 1.807) is 13.2 Å². The molecule has 3 rings (SSSR count). The van der Waals surface area contributed by atoms with Gasteiger partial charge in [-0.15, -0.1) is 11.8 Å². The molecule has 0 aliphatic carbocycles. The third-order valence-electron chi connectivity index (χ3n) is 4.10. The van der Waals surface area contributed by atoms with Gasteiger partial charge in [-0.1, -0.05) is 5.16 Å². The van der Waals surface area contributed by atoms with Gasteiger partial charge in [0.25, 0.3) is 5.43 Å². The number of benzene rings is 1. The fourth-order valence-electron chi connectivity index (χ4n) is 2.85. The van der Waals surface area contributed by atoms with Crippen LogP contribution in [0.3, 0.4) is 0 Å². The second kappa shape index (κ2) is 6.76. The molecule has 0 unspecified atom stereocenters. The molecule has 0 fully saturated rings. The van der Waals surface area contributed by atoms with Crippen molar-refractivity contribution in [3.8, 4) is 5.69 Å². The van der Waals surface area contributed by atoms with E-state index in [2.05, 4.69) is 10.3 Å². The summed E-state index contributed by atoms with van der Waals surface area (Å²) in [7, 11) is -3.52. The van der Waals surface area contributed by atoms with E-state index in [0.29, 0.717) is 40.4 Å². The lowest BCUT2D eigenvalue weighted by Gasteiger charge is -2.16. The highest BCUT2D eigenvalue weighted by molar-refractivity contribution is 7.98. The van der Waals surface area contributed by atoms with Crippen molar-refractivity contribution >= 4 is 27.3 Å². The Kier molecular flexibility index (Phi) is 4.80. The number of nitrogens with zero attached hydrogens (tertiary/aromatic N) is 2. The Morgan fingerprint density at radius 2 is 2.04 bits per heavy atom. The van der Waals surface area contributed by atoms with Gasteiger partial charge < -0.3 is 4.84 Å². The molecular formula is C16H17N3O5S2. The van der Waals surface area contributed by atoms with E-state index < -0.39 is 20.8 Å². The third-order valence-corrected chi connectivity index (χ3v) is 5.98. The van der Waals surface area contributed by atoms with Crippen LogP contribution in [-0.2, 0) is 14.7 Å². The summed E-state index contributed by atoms with van der Waals surface area (Å²) in [6.07, 6.45) is 4.73. The largest absolute Gasteiger partial charge is 0.395 e. The second-order valence-corrected chi connectivity index (χ2v) is 8.62. The molecule has 2 heterocycles. The molecule has 1 aromatic carbocycles. The summed E-state index contributed by atoms with van der Waals surface area (Å²) in [6, 6.07) is 2.92. The SMILES string of the molecule is CSc1c[nH]n(-c2ccc(S(C)(=O)=O)c(C3=NOCC3)c2C)c(=O)c1=O. The molecule has 26 heavy (non-hydrogen) atoms. The number of oxime groups is 1. The molecule has 1 aromatic heterocycles. The van der Waals surface area contributed by atoms with Crippen molar-refractivity contribution in [2.75, 3.05) is 19.1 Å². The van der Waals surface area contributed by atoms with Gasteiger partial charge in [0.1, 0.15) is 6.61 Å². The first-order valence-corrected chi connectivity index (χ1v) is 10.8. The van der Waals surface area contributed by atoms with Crippen molar-refractivity contribution in [3.63, 3.8) is 0 Å². The van der Waals surface area contributed by atoms with Crippen LogP contribution in [0.4, 0.5) is 0 Å². The van der Waals surface area contributed by atoms with Gasteiger partial charge in [0.15, 0.2) is 9.84 Å². The zero-order chi connectivity index (χ0) is 19.1. The molecule has 8 nitrogen and oxygen atoms in total. The smallest absolute Gasteiger partial charge is 0.318 e. The minimum absolute atomic E-state index is 0.110. The lowest BCUT2D eigenvalue weighted by molar-refractivity contribution is 0.174. The third kappa shape index (κ3) is 3.10. The fourth-order valence-corrected chi connectivity index (χ4v) is 4.25. The second-order valence-electron chi connectivity index (χ2n) is 5.79. The van der Waals surface area contributed by atoms with Crippen molar-refractivity contribution in [3.05, 3.63) is 50.0 Å². The number of nitrogens with one attached hydrogen (secondary N) is 1. The van der Waals surface area contributed by atoms with Gasteiger partial charge >= 0.3 is 5.56 Å². The summed E-state index contributed by atoms with van der Waals surface area (Å²) in [5, 5.41) is 6.73. The maximum absolute atomic E-state index is 12.4. The van der Waals surface area contributed by atoms with Crippen LogP contribution >= 0.6 is 11.8 Å².